The van der Waals surface area contributed by atoms with E-state index in [0.717, 1.165) is 31.6 Å². The molecule has 0 spiro atoms. The first-order chi connectivity index (χ1) is 11.6. The molecule has 2 heterocycles. The molecule has 24 heavy (non-hydrogen) atoms. The highest BCUT2D eigenvalue weighted by Crippen LogP contribution is 2.33. The molecular formula is C18H23N3O2S. The fraction of sp³-hybridized carbons (Fsp3) is 0.444. The van der Waals surface area contributed by atoms with E-state index < -0.39 is 0 Å². The number of carbonyl (C=O) groups is 1. The lowest BCUT2D eigenvalue weighted by Gasteiger charge is -2.36. The smallest absolute Gasteiger partial charge is 0.236 e. The van der Waals surface area contributed by atoms with Crippen LogP contribution in [0.2, 0.25) is 0 Å². The van der Waals surface area contributed by atoms with Gasteiger partial charge in [0.25, 0.3) is 0 Å². The monoisotopic (exact) mass is 345 g/mol. The number of rotatable bonds is 4. The van der Waals surface area contributed by atoms with Crippen LogP contribution in [0, 0.1) is 0 Å². The highest BCUT2D eigenvalue weighted by atomic mass is 32.2. The number of para-hydroxylation sites is 1. The van der Waals surface area contributed by atoms with Gasteiger partial charge in [-0.05, 0) is 44.6 Å². The number of aromatic amines is 1. The zero-order chi connectivity index (χ0) is 17.1. The topological polar surface area (TPSA) is 69.2 Å². The van der Waals surface area contributed by atoms with E-state index in [1.807, 2.05) is 30.2 Å². The van der Waals surface area contributed by atoms with Gasteiger partial charge in [0.2, 0.25) is 5.91 Å². The first-order valence-corrected chi connectivity index (χ1v) is 9.57. The molecule has 1 amide bonds. The van der Waals surface area contributed by atoms with Gasteiger partial charge in [0.1, 0.15) is 11.6 Å². The minimum absolute atomic E-state index is 0.0135. The van der Waals surface area contributed by atoms with Crippen molar-refractivity contribution < 1.29 is 9.90 Å². The maximum absolute atomic E-state index is 12.7. The molecule has 0 saturated carbocycles. The van der Waals surface area contributed by atoms with Crippen molar-refractivity contribution in [3.8, 4) is 17.0 Å². The molecule has 5 nitrogen and oxygen atoms in total. The molecular weight excluding hydrogens is 322 g/mol. The summed E-state index contributed by atoms with van der Waals surface area (Å²) < 4.78 is 0. The number of aromatic nitrogens is 2. The highest BCUT2D eigenvalue weighted by molar-refractivity contribution is 7.99. The molecule has 6 heteroatoms. The first-order valence-electron chi connectivity index (χ1n) is 8.28. The number of amides is 1. The van der Waals surface area contributed by atoms with Crippen LogP contribution in [0.1, 0.15) is 38.1 Å². The van der Waals surface area contributed by atoms with E-state index in [1.54, 1.807) is 30.1 Å². The molecule has 2 aromatic rings. The van der Waals surface area contributed by atoms with Gasteiger partial charge in [0.15, 0.2) is 0 Å². The second kappa shape index (κ2) is 7.30. The quantitative estimate of drug-likeness (QED) is 0.888. The van der Waals surface area contributed by atoms with E-state index in [0.29, 0.717) is 11.3 Å². The number of nitrogens with one attached hydrogen (secondary N) is 1. The number of hydrogen-bond donors (Lipinski definition) is 2. The van der Waals surface area contributed by atoms with Crippen molar-refractivity contribution in [2.24, 2.45) is 0 Å². The lowest BCUT2D eigenvalue weighted by molar-refractivity contribution is -0.134. The summed E-state index contributed by atoms with van der Waals surface area (Å²) in [7, 11) is 0. The zero-order valence-corrected chi connectivity index (χ0v) is 14.8. The van der Waals surface area contributed by atoms with Crippen LogP contribution < -0.4 is 0 Å². The van der Waals surface area contributed by atoms with Gasteiger partial charge >= 0.3 is 0 Å². The highest BCUT2D eigenvalue weighted by Gasteiger charge is 2.32. The number of nitrogens with zero attached hydrogens (tertiary/aromatic N) is 2. The number of piperidine rings is 1. The van der Waals surface area contributed by atoms with Crippen LogP contribution in [0.5, 0.6) is 5.75 Å². The van der Waals surface area contributed by atoms with Gasteiger partial charge < -0.3 is 15.0 Å². The molecule has 0 radical (unpaired) electrons. The summed E-state index contributed by atoms with van der Waals surface area (Å²) in [5.41, 5.74) is 1.41. The summed E-state index contributed by atoms with van der Waals surface area (Å²) >= 11 is 1.57. The Morgan fingerprint density at radius 1 is 1.42 bits per heavy atom. The Hall–Kier alpha value is -1.95. The lowest BCUT2D eigenvalue weighted by atomic mass is 10.0. The zero-order valence-electron chi connectivity index (χ0n) is 14.0. The minimum Gasteiger partial charge on any atom is -0.507 e. The number of aromatic hydroxyl groups is 1. The molecule has 1 aliphatic rings. The molecule has 1 aromatic carbocycles. The van der Waals surface area contributed by atoms with Crippen molar-refractivity contribution in [3.05, 3.63) is 36.3 Å². The van der Waals surface area contributed by atoms with Crippen molar-refractivity contribution in [2.75, 3.05) is 12.8 Å². The van der Waals surface area contributed by atoms with Crippen molar-refractivity contribution in [1.82, 2.24) is 14.9 Å². The normalized spacial score (nSPS) is 19.2. The molecule has 2 atom stereocenters. The summed E-state index contributed by atoms with van der Waals surface area (Å²) in [6, 6.07) is 7.15. The Labute approximate surface area is 146 Å². The van der Waals surface area contributed by atoms with Crippen molar-refractivity contribution in [2.45, 2.75) is 37.5 Å². The number of likely N-dealkylation sites (tertiary alicyclic amines) is 1. The van der Waals surface area contributed by atoms with E-state index in [9.17, 15) is 9.90 Å². The largest absolute Gasteiger partial charge is 0.507 e. The Bertz CT molecular complexity index is 716. The fourth-order valence-electron chi connectivity index (χ4n) is 3.15. The molecule has 3 rings (SSSR count). The van der Waals surface area contributed by atoms with Crippen LogP contribution in [0.15, 0.2) is 30.5 Å². The Balaban J connectivity index is 1.87. The second-order valence-electron chi connectivity index (χ2n) is 6.11. The molecule has 128 valence electrons. The summed E-state index contributed by atoms with van der Waals surface area (Å²) in [6.07, 6.45) is 6.82. The van der Waals surface area contributed by atoms with Gasteiger partial charge in [-0.2, -0.15) is 11.8 Å². The van der Waals surface area contributed by atoms with E-state index in [-0.39, 0.29) is 22.9 Å². The molecule has 1 aliphatic heterocycles. The molecule has 1 saturated heterocycles. The van der Waals surface area contributed by atoms with E-state index in [1.165, 1.54) is 0 Å². The van der Waals surface area contributed by atoms with Crippen molar-refractivity contribution in [1.29, 1.82) is 0 Å². The molecule has 2 N–H and O–H groups in total. The van der Waals surface area contributed by atoms with Gasteiger partial charge in [-0.3, -0.25) is 4.79 Å². The standard InChI is InChI=1S/C18H23N3O2S/c1-12(24-2)18(23)21-10-6-5-8-15(21)17-19-11-14(20-17)13-7-3-4-9-16(13)22/h3-4,7,9,11-12,15,22H,5-6,8,10H2,1-2H3,(H,19,20). The van der Waals surface area contributed by atoms with Crippen LogP contribution in [0.25, 0.3) is 11.3 Å². The fourth-order valence-corrected chi connectivity index (χ4v) is 3.49. The van der Waals surface area contributed by atoms with Gasteiger partial charge in [0.05, 0.1) is 17.0 Å². The van der Waals surface area contributed by atoms with E-state index in [2.05, 4.69) is 9.97 Å². The number of imidazole rings is 1. The van der Waals surface area contributed by atoms with Crippen molar-refractivity contribution in [3.63, 3.8) is 0 Å². The predicted molar refractivity (Wildman–Crippen MR) is 97.0 cm³/mol. The molecule has 0 aliphatic carbocycles. The number of phenols is 1. The maximum atomic E-state index is 12.7. The summed E-state index contributed by atoms with van der Waals surface area (Å²) in [5.74, 6) is 1.19. The molecule has 1 fully saturated rings. The van der Waals surface area contributed by atoms with Crippen LogP contribution in [0.4, 0.5) is 0 Å². The minimum atomic E-state index is -0.0433. The number of carbonyl (C=O) groups excluding carboxylic acids is 1. The Morgan fingerprint density at radius 3 is 2.96 bits per heavy atom. The first kappa shape index (κ1) is 16.9. The number of benzene rings is 1. The SMILES string of the molecule is CSC(C)C(=O)N1CCCCC1c1nc(-c2ccccc2O)c[nH]1. The van der Waals surface area contributed by atoms with Crippen molar-refractivity contribution >= 4 is 17.7 Å². The third-order valence-electron chi connectivity index (χ3n) is 4.58. The maximum Gasteiger partial charge on any atom is 0.236 e. The average Bonchev–Trinajstić information content (AvgIpc) is 3.10. The molecule has 1 aromatic heterocycles. The Kier molecular flexibility index (Phi) is 5.14. The molecule has 2 unspecified atom stereocenters. The third-order valence-corrected chi connectivity index (χ3v) is 5.49. The van der Waals surface area contributed by atoms with Crippen LogP contribution >= 0.6 is 11.8 Å². The summed E-state index contributed by atoms with van der Waals surface area (Å²) in [5, 5.41) is 9.96. The predicted octanol–water partition coefficient (Wildman–Crippen LogP) is 3.59. The summed E-state index contributed by atoms with van der Waals surface area (Å²) in [4.78, 5) is 22.5. The van der Waals surface area contributed by atoms with Gasteiger partial charge in [0, 0.05) is 18.3 Å². The second-order valence-corrected chi connectivity index (χ2v) is 7.29. The Morgan fingerprint density at radius 2 is 2.21 bits per heavy atom. The molecule has 0 bridgehead atoms. The summed E-state index contributed by atoms with van der Waals surface area (Å²) in [6.45, 7) is 2.73. The third kappa shape index (κ3) is 3.29. The van der Waals surface area contributed by atoms with Crippen LogP contribution in [0.3, 0.4) is 0 Å². The van der Waals surface area contributed by atoms with Gasteiger partial charge in [-0.25, -0.2) is 4.98 Å². The van der Waals surface area contributed by atoms with E-state index in [4.69, 9.17) is 0 Å². The number of thioether (sulfide) groups is 1. The number of hydrogen-bond acceptors (Lipinski definition) is 4. The van der Waals surface area contributed by atoms with E-state index >= 15 is 0 Å². The number of H-pyrrole nitrogens is 1. The van der Waals surface area contributed by atoms with Crippen LogP contribution in [-0.4, -0.2) is 43.9 Å². The number of phenolic OH excluding ortho intramolecular Hbond substituents is 1. The van der Waals surface area contributed by atoms with Gasteiger partial charge in [-0.1, -0.05) is 12.1 Å². The lowest BCUT2D eigenvalue weighted by Crippen LogP contribution is -2.42. The average molecular weight is 345 g/mol. The van der Waals surface area contributed by atoms with Gasteiger partial charge in [-0.15, -0.1) is 0 Å². The van der Waals surface area contributed by atoms with Crippen LogP contribution in [-0.2, 0) is 4.79 Å².